The van der Waals surface area contributed by atoms with Gasteiger partial charge in [0.1, 0.15) is 17.8 Å². The molecule has 0 unspecified atom stereocenters. The maximum Gasteiger partial charge on any atom is 0.407 e. The first-order valence-electron chi connectivity index (χ1n) is 7.31. The third-order valence-electron chi connectivity index (χ3n) is 3.39. The van der Waals surface area contributed by atoms with Gasteiger partial charge >= 0.3 is 6.09 Å². The number of amides is 1. The topological polar surface area (TPSA) is 89.1 Å². The molecule has 2 aliphatic heterocycles. The van der Waals surface area contributed by atoms with Crippen molar-refractivity contribution in [3.63, 3.8) is 0 Å². The van der Waals surface area contributed by atoms with Gasteiger partial charge in [0.2, 0.25) is 0 Å². The van der Waals surface area contributed by atoms with E-state index in [1.54, 1.807) is 0 Å². The Morgan fingerprint density at radius 3 is 2.62 bits per heavy atom. The van der Waals surface area contributed by atoms with E-state index in [0.29, 0.717) is 13.1 Å². The highest BCUT2D eigenvalue weighted by Crippen LogP contribution is 2.33. The molecule has 0 saturated carbocycles. The zero-order valence-electron chi connectivity index (χ0n) is 13.3. The molecule has 3 N–H and O–H groups in total. The molecule has 1 amide bonds. The molecule has 0 aliphatic carbocycles. The minimum absolute atomic E-state index is 0.132. The monoisotopic (exact) mass is 302 g/mol. The lowest BCUT2D eigenvalue weighted by molar-refractivity contribution is -0.153. The van der Waals surface area contributed by atoms with Crippen molar-refractivity contribution in [2.45, 2.75) is 70.4 Å². The average molecular weight is 302 g/mol. The number of carbonyl (C=O) groups excluding carboxylic acids is 1. The van der Waals surface area contributed by atoms with Gasteiger partial charge in [0.05, 0.1) is 12.1 Å². The summed E-state index contributed by atoms with van der Waals surface area (Å²) in [5.74, 6) is -0.730. The number of aliphatic hydroxyl groups is 1. The van der Waals surface area contributed by atoms with Crippen LogP contribution in [-0.2, 0) is 14.2 Å². The van der Waals surface area contributed by atoms with E-state index >= 15 is 0 Å². The van der Waals surface area contributed by atoms with Crippen LogP contribution >= 0.6 is 0 Å². The van der Waals surface area contributed by atoms with Crippen molar-refractivity contribution in [3.8, 4) is 0 Å². The molecule has 21 heavy (non-hydrogen) atoms. The van der Waals surface area contributed by atoms with Crippen molar-refractivity contribution in [1.29, 1.82) is 0 Å². The number of rotatable bonds is 2. The number of β-amino-alcohol motifs (C(OH)–C–C–N with tert-alkyl or cyclic N) is 1. The fourth-order valence-corrected chi connectivity index (χ4v) is 2.63. The highest BCUT2D eigenvalue weighted by molar-refractivity contribution is 5.67. The standard InChI is InChI=1S/C14H26N2O5/c1-13(2,3)21-12(18)16-6-8-10-11(9(17)7-15-8)20-14(4,5)19-10/h8-11,15,17H,6-7H2,1-5H3,(H,16,18)/t8-,9-,10-,11-/m1/s1. The quantitative estimate of drug-likeness (QED) is 0.683. The Morgan fingerprint density at radius 1 is 1.38 bits per heavy atom. The average Bonchev–Trinajstić information content (AvgIpc) is 2.62. The molecular formula is C14H26N2O5. The van der Waals surface area contributed by atoms with Gasteiger partial charge in [-0.25, -0.2) is 4.79 Å². The summed E-state index contributed by atoms with van der Waals surface area (Å²) < 4.78 is 16.8. The summed E-state index contributed by atoms with van der Waals surface area (Å²) >= 11 is 0. The SMILES string of the molecule is CC(C)(C)OC(=O)NC[C@H]1NC[C@@H](O)[C@H]2OC(C)(C)O[C@@H]21. The van der Waals surface area contributed by atoms with Gasteiger partial charge in [-0.3, -0.25) is 0 Å². The first kappa shape index (κ1) is 16.5. The molecule has 0 radical (unpaired) electrons. The third kappa shape index (κ3) is 4.29. The fraction of sp³-hybridized carbons (Fsp3) is 0.929. The molecule has 7 nitrogen and oxygen atoms in total. The van der Waals surface area contributed by atoms with Gasteiger partial charge in [-0.1, -0.05) is 0 Å². The molecule has 0 spiro atoms. The fourth-order valence-electron chi connectivity index (χ4n) is 2.63. The Kier molecular flexibility index (Phi) is 4.49. The first-order valence-corrected chi connectivity index (χ1v) is 7.31. The van der Waals surface area contributed by atoms with Gasteiger partial charge in [-0.05, 0) is 34.6 Å². The van der Waals surface area contributed by atoms with Gasteiger partial charge in [0.25, 0.3) is 0 Å². The van der Waals surface area contributed by atoms with Crippen molar-refractivity contribution in [2.75, 3.05) is 13.1 Å². The van der Waals surface area contributed by atoms with E-state index in [1.165, 1.54) is 0 Å². The molecule has 2 rings (SSSR count). The lowest BCUT2D eigenvalue weighted by Crippen LogP contribution is -2.61. The van der Waals surface area contributed by atoms with Crippen molar-refractivity contribution in [3.05, 3.63) is 0 Å². The smallest absolute Gasteiger partial charge is 0.407 e. The van der Waals surface area contributed by atoms with Crippen molar-refractivity contribution < 1.29 is 24.1 Å². The second-order valence-electron chi connectivity index (χ2n) is 7.03. The predicted octanol–water partition coefficient (Wildman–Crippen LogP) is 0.364. The Hall–Kier alpha value is -0.890. The normalized spacial score (nSPS) is 35.1. The van der Waals surface area contributed by atoms with E-state index in [2.05, 4.69) is 10.6 Å². The maximum atomic E-state index is 11.7. The molecule has 2 saturated heterocycles. The second kappa shape index (κ2) is 5.72. The zero-order chi connectivity index (χ0) is 15.8. The van der Waals surface area contributed by atoms with Crippen LogP contribution in [0.1, 0.15) is 34.6 Å². The van der Waals surface area contributed by atoms with Crippen LogP contribution in [0.3, 0.4) is 0 Å². The predicted molar refractivity (Wildman–Crippen MR) is 75.9 cm³/mol. The summed E-state index contributed by atoms with van der Waals surface area (Å²) in [5, 5.41) is 15.9. The van der Waals surface area contributed by atoms with Crippen LogP contribution in [0.5, 0.6) is 0 Å². The molecule has 2 aliphatic rings. The number of carbonyl (C=O) groups is 1. The zero-order valence-corrected chi connectivity index (χ0v) is 13.3. The lowest BCUT2D eigenvalue weighted by Gasteiger charge is -2.35. The van der Waals surface area contributed by atoms with Crippen LogP contribution in [0.2, 0.25) is 0 Å². The molecule has 0 bridgehead atoms. The molecule has 0 aromatic rings. The number of alkyl carbamates (subject to hydrolysis) is 1. The van der Waals surface area contributed by atoms with Crippen molar-refractivity contribution in [2.24, 2.45) is 0 Å². The molecule has 2 fully saturated rings. The Labute approximate surface area is 125 Å². The largest absolute Gasteiger partial charge is 0.444 e. The molecule has 0 aromatic heterocycles. The first-order chi connectivity index (χ1) is 9.57. The summed E-state index contributed by atoms with van der Waals surface area (Å²) in [7, 11) is 0. The Bertz CT molecular complexity index is 393. The Morgan fingerprint density at radius 2 is 2.00 bits per heavy atom. The summed E-state index contributed by atoms with van der Waals surface area (Å²) in [6.45, 7) is 9.83. The summed E-state index contributed by atoms with van der Waals surface area (Å²) in [6, 6.07) is -0.132. The summed E-state index contributed by atoms with van der Waals surface area (Å²) in [5.41, 5.74) is -0.530. The van der Waals surface area contributed by atoms with E-state index in [9.17, 15) is 9.90 Å². The Balaban J connectivity index is 1.90. The van der Waals surface area contributed by atoms with Crippen LogP contribution in [0.25, 0.3) is 0 Å². The number of hydrogen-bond acceptors (Lipinski definition) is 6. The number of piperidine rings is 1. The van der Waals surface area contributed by atoms with E-state index in [4.69, 9.17) is 14.2 Å². The van der Waals surface area contributed by atoms with Crippen LogP contribution in [-0.4, -0.2) is 60.0 Å². The highest BCUT2D eigenvalue weighted by atomic mass is 16.8. The molecule has 7 heteroatoms. The molecule has 0 aromatic carbocycles. The van der Waals surface area contributed by atoms with E-state index in [0.717, 1.165) is 0 Å². The number of hydrogen-bond donors (Lipinski definition) is 3. The van der Waals surface area contributed by atoms with E-state index in [1.807, 2.05) is 34.6 Å². The number of ether oxygens (including phenoxy) is 3. The highest BCUT2D eigenvalue weighted by Gasteiger charge is 2.50. The summed E-state index contributed by atoms with van der Waals surface area (Å²) in [6.07, 6.45) is -1.77. The van der Waals surface area contributed by atoms with Crippen molar-refractivity contribution in [1.82, 2.24) is 10.6 Å². The number of fused-ring (bicyclic) bond motifs is 1. The maximum absolute atomic E-state index is 11.7. The van der Waals surface area contributed by atoms with Crippen LogP contribution < -0.4 is 10.6 Å². The van der Waals surface area contributed by atoms with E-state index < -0.39 is 23.6 Å². The number of aliphatic hydroxyl groups excluding tert-OH is 1. The van der Waals surface area contributed by atoms with E-state index in [-0.39, 0.29) is 18.2 Å². The van der Waals surface area contributed by atoms with Crippen LogP contribution in [0.15, 0.2) is 0 Å². The van der Waals surface area contributed by atoms with Gasteiger partial charge in [-0.15, -0.1) is 0 Å². The number of nitrogens with one attached hydrogen (secondary N) is 2. The molecule has 122 valence electrons. The third-order valence-corrected chi connectivity index (χ3v) is 3.39. The van der Waals surface area contributed by atoms with Crippen molar-refractivity contribution >= 4 is 6.09 Å². The van der Waals surface area contributed by atoms with Crippen LogP contribution in [0.4, 0.5) is 4.79 Å². The van der Waals surface area contributed by atoms with Crippen LogP contribution in [0, 0.1) is 0 Å². The minimum atomic E-state index is -0.730. The minimum Gasteiger partial charge on any atom is -0.444 e. The van der Waals surface area contributed by atoms with Gasteiger partial charge in [0, 0.05) is 13.1 Å². The lowest BCUT2D eigenvalue weighted by atomic mass is 9.96. The van der Waals surface area contributed by atoms with Gasteiger partial charge in [-0.2, -0.15) is 0 Å². The van der Waals surface area contributed by atoms with Gasteiger partial charge < -0.3 is 30.0 Å². The molecular weight excluding hydrogens is 276 g/mol. The second-order valence-corrected chi connectivity index (χ2v) is 7.03. The summed E-state index contributed by atoms with van der Waals surface area (Å²) in [4.78, 5) is 11.7. The van der Waals surface area contributed by atoms with Gasteiger partial charge in [0.15, 0.2) is 5.79 Å². The molecule has 2 heterocycles. The molecule has 4 atom stereocenters.